The highest BCUT2D eigenvalue weighted by atomic mass is 79.9. The van der Waals surface area contributed by atoms with Crippen LogP contribution in [0.2, 0.25) is 0 Å². The van der Waals surface area contributed by atoms with Crippen LogP contribution in [-0.2, 0) is 11.3 Å². The third kappa shape index (κ3) is 4.53. The molecule has 140 valence electrons. The Morgan fingerprint density at radius 1 is 1.27 bits per heavy atom. The second-order valence-corrected chi connectivity index (χ2v) is 7.14. The van der Waals surface area contributed by atoms with Crippen molar-refractivity contribution in [2.24, 2.45) is 0 Å². The average molecular weight is 425 g/mol. The van der Waals surface area contributed by atoms with E-state index in [9.17, 15) is 9.59 Å². The van der Waals surface area contributed by atoms with Crippen LogP contribution in [0, 0.1) is 6.92 Å². The summed E-state index contributed by atoms with van der Waals surface area (Å²) in [4.78, 5) is 30.1. The van der Waals surface area contributed by atoms with Crippen molar-refractivity contribution in [2.75, 3.05) is 39.8 Å². The predicted octanol–water partition coefficient (Wildman–Crippen LogP) is 1.75. The minimum atomic E-state index is -0.316. The predicted molar refractivity (Wildman–Crippen MR) is 96.5 cm³/mol. The van der Waals surface area contributed by atoms with Crippen molar-refractivity contribution >= 4 is 27.7 Å². The van der Waals surface area contributed by atoms with Crippen LogP contribution in [0.4, 0.5) is 0 Å². The van der Waals surface area contributed by atoms with Gasteiger partial charge in [-0.15, -0.1) is 0 Å². The zero-order chi connectivity index (χ0) is 18.7. The van der Waals surface area contributed by atoms with Gasteiger partial charge < -0.3 is 18.7 Å². The number of hydrogen-bond acceptors (Lipinski definition) is 6. The SMILES string of the molecule is Cc1cc(CN2CCN(C(=O)CN(C)C(=O)c3ccc(Br)o3)CC2)on1. The van der Waals surface area contributed by atoms with Crippen LogP contribution in [0.5, 0.6) is 0 Å². The van der Waals surface area contributed by atoms with E-state index in [1.807, 2.05) is 13.0 Å². The fourth-order valence-corrected chi connectivity index (χ4v) is 3.17. The molecule has 3 rings (SSSR count). The van der Waals surface area contributed by atoms with Gasteiger partial charge in [-0.05, 0) is 35.0 Å². The smallest absolute Gasteiger partial charge is 0.289 e. The summed E-state index contributed by atoms with van der Waals surface area (Å²) in [5, 5.41) is 3.89. The third-order valence-corrected chi connectivity index (χ3v) is 4.71. The molecule has 1 aliphatic heterocycles. The van der Waals surface area contributed by atoms with E-state index in [0.717, 1.165) is 24.5 Å². The van der Waals surface area contributed by atoms with E-state index in [1.54, 1.807) is 24.1 Å². The summed E-state index contributed by atoms with van der Waals surface area (Å²) < 4.78 is 11.0. The largest absolute Gasteiger partial charge is 0.444 e. The lowest BCUT2D eigenvalue weighted by atomic mass is 10.2. The molecule has 8 nitrogen and oxygen atoms in total. The number of carbonyl (C=O) groups is 2. The van der Waals surface area contributed by atoms with Crippen LogP contribution >= 0.6 is 15.9 Å². The van der Waals surface area contributed by atoms with Crippen molar-refractivity contribution in [3.63, 3.8) is 0 Å². The Bertz CT molecular complexity index is 779. The lowest BCUT2D eigenvalue weighted by molar-refractivity contribution is -0.133. The van der Waals surface area contributed by atoms with E-state index in [1.165, 1.54) is 4.90 Å². The summed E-state index contributed by atoms with van der Waals surface area (Å²) in [5.41, 5.74) is 0.866. The summed E-state index contributed by atoms with van der Waals surface area (Å²) in [6, 6.07) is 5.15. The number of aryl methyl sites for hydroxylation is 1. The molecule has 1 fully saturated rings. The van der Waals surface area contributed by atoms with Gasteiger partial charge in [-0.3, -0.25) is 14.5 Å². The van der Waals surface area contributed by atoms with Gasteiger partial charge in [0.25, 0.3) is 5.91 Å². The lowest BCUT2D eigenvalue weighted by Crippen LogP contribution is -2.51. The molecule has 0 N–H and O–H groups in total. The molecule has 0 unspecified atom stereocenters. The van der Waals surface area contributed by atoms with Gasteiger partial charge in [-0.25, -0.2) is 0 Å². The number of hydrogen-bond donors (Lipinski definition) is 0. The highest BCUT2D eigenvalue weighted by Gasteiger charge is 2.25. The molecule has 0 aromatic carbocycles. The number of likely N-dealkylation sites (N-methyl/N-ethyl adjacent to an activating group) is 1. The minimum absolute atomic E-state index is 0.0262. The zero-order valence-electron chi connectivity index (χ0n) is 14.8. The molecule has 2 aromatic rings. The topological polar surface area (TPSA) is 83.0 Å². The second-order valence-electron chi connectivity index (χ2n) is 6.36. The number of nitrogens with zero attached hydrogens (tertiary/aromatic N) is 4. The van der Waals surface area contributed by atoms with E-state index in [0.29, 0.717) is 24.3 Å². The van der Waals surface area contributed by atoms with Crippen molar-refractivity contribution in [3.8, 4) is 0 Å². The number of aromatic nitrogens is 1. The van der Waals surface area contributed by atoms with Crippen LogP contribution in [-0.4, -0.2) is 71.4 Å². The molecule has 0 atom stereocenters. The third-order valence-electron chi connectivity index (χ3n) is 4.28. The number of halogens is 1. The highest BCUT2D eigenvalue weighted by molar-refractivity contribution is 9.10. The second kappa shape index (κ2) is 8.05. The van der Waals surface area contributed by atoms with Gasteiger partial charge >= 0.3 is 0 Å². The van der Waals surface area contributed by atoms with E-state index in [-0.39, 0.29) is 24.1 Å². The highest BCUT2D eigenvalue weighted by Crippen LogP contribution is 2.15. The van der Waals surface area contributed by atoms with Gasteiger partial charge in [0.1, 0.15) is 0 Å². The molecule has 0 aliphatic carbocycles. The number of rotatable bonds is 5. The van der Waals surface area contributed by atoms with Gasteiger partial charge in [-0.1, -0.05) is 5.16 Å². The van der Waals surface area contributed by atoms with Crippen molar-refractivity contribution in [2.45, 2.75) is 13.5 Å². The van der Waals surface area contributed by atoms with Crippen LogP contribution < -0.4 is 0 Å². The van der Waals surface area contributed by atoms with E-state index in [4.69, 9.17) is 8.94 Å². The molecule has 0 saturated carbocycles. The Hall–Kier alpha value is -2.13. The zero-order valence-corrected chi connectivity index (χ0v) is 16.4. The lowest BCUT2D eigenvalue weighted by Gasteiger charge is -2.34. The molecule has 2 amide bonds. The Kier molecular flexibility index (Phi) is 5.77. The molecule has 2 aromatic heterocycles. The molecule has 0 radical (unpaired) electrons. The minimum Gasteiger partial charge on any atom is -0.444 e. The Morgan fingerprint density at radius 2 is 2.00 bits per heavy atom. The first-order chi connectivity index (χ1) is 12.4. The molecule has 1 saturated heterocycles. The summed E-state index contributed by atoms with van der Waals surface area (Å²) >= 11 is 3.17. The number of piperazine rings is 1. The summed E-state index contributed by atoms with van der Waals surface area (Å²) in [5.74, 6) is 0.654. The van der Waals surface area contributed by atoms with Gasteiger partial charge in [0.2, 0.25) is 5.91 Å². The van der Waals surface area contributed by atoms with Gasteiger partial charge in [0.05, 0.1) is 18.8 Å². The van der Waals surface area contributed by atoms with Crippen LogP contribution in [0.3, 0.4) is 0 Å². The first-order valence-corrected chi connectivity index (χ1v) is 9.15. The molecule has 9 heteroatoms. The fraction of sp³-hybridized carbons (Fsp3) is 0.471. The molecule has 26 heavy (non-hydrogen) atoms. The van der Waals surface area contributed by atoms with E-state index in [2.05, 4.69) is 26.0 Å². The molecular weight excluding hydrogens is 404 g/mol. The Balaban J connectivity index is 1.46. The van der Waals surface area contributed by atoms with Crippen LogP contribution in [0.15, 0.2) is 31.8 Å². The maximum Gasteiger partial charge on any atom is 0.289 e. The van der Waals surface area contributed by atoms with E-state index >= 15 is 0 Å². The Morgan fingerprint density at radius 3 is 2.58 bits per heavy atom. The first-order valence-electron chi connectivity index (χ1n) is 8.35. The van der Waals surface area contributed by atoms with Crippen molar-refractivity contribution in [1.29, 1.82) is 0 Å². The van der Waals surface area contributed by atoms with E-state index < -0.39 is 0 Å². The monoisotopic (exact) mass is 424 g/mol. The van der Waals surface area contributed by atoms with Gasteiger partial charge in [0, 0.05) is 39.3 Å². The number of amides is 2. The van der Waals surface area contributed by atoms with Crippen molar-refractivity contribution in [1.82, 2.24) is 19.9 Å². The van der Waals surface area contributed by atoms with Gasteiger partial charge in [-0.2, -0.15) is 0 Å². The van der Waals surface area contributed by atoms with Gasteiger partial charge in [0.15, 0.2) is 16.2 Å². The summed E-state index contributed by atoms with van der Waals surface area (Å²) in [6.45, 7) is 5.37. The van der Waals surface area contributed by atoms with Crippen LogP contribution in [0.25, 0.3) is 0 Å². The Labute approximate surface area is 159 Å². The average Bonchev–Trinajstić information content (AvgIpc) is 3.23. The van der Waals surface area contributed by atoms with Crippen molar-refractivity contribution < 1.29 is 18.5 Å². The molecule has 1 aliphatic rings. The summed E-state index contributed by atoms with van der Waals surface area (Å²) in [7, 11) is 1.60. The number of furan rings is 1. The van der Waals surface area contributed by atoms with Crippen molar-refractivity contribution in [3.05, 3.63) is 40.1 Å². The maximum atomic E-state index is 12.5. The quantitative estimate of drug-likeness (QED) is 0.726. The molecule has 3 heterocycles. The standard InChI is InChI=1S/C17H21BrN4O4/c1-12-9-13(26-19-12)10-21-5-7-22(8-6-21)16(23)11-20(2)17(24)14-3-4-15(18)25-14/h3-4,9H,5-8,10-11H2,1-2H3. The first kappa shape index (κ1) is 18.7. The normalized spacial score (nSPS) is 15.3. The maximum absolute atomic E-state index is 12.5. The molecule has 0 spiro atoms. The summed E-state index contributed by atoms with van der Waals surface area (Å²) in [6.07, 6.45) is 0. The number of carbonyl (C=O) groups excluding carboxylic acids is 2. The fourth-order valence-electron chi connectivity index (χ4n) is 2.86. The molecule has 0 bridgehead atoms. The van der Waals surface area contributed by atoms with Crippen LogP contribution in [0.1, 0.15) is 22.0 Å². The molecular formula is C17H21BrN4O4.